The van der Waals surface area contributed by atoms with Crippen LogP contribution in [0.25, 0.3) is 11.2 Å². The number of fused-ring (bicyclic) bond motifs is 1. The number of nitrogens with two attached hydrogens (primary N) is 1. The van der Waals surface area contributed by atoms with Crippen molar-refractivity contribution in [2.45, 2.75) is 52.7 Å². The lowest BCUT2D eigenvalue weighted by molar-refractivity contribution is -0.0987. The molecule has 0 aromatic carbocycles. The summed E-state index contributed by atoms with van der Waals surface area (Å²) in [5.41, 5.74) is 6.13. The minimum atomic E-state index is -0.528. The van der Waals surface area contributed by atoms with E-state index in [1.165, 1.54) is 6.33 Å². The van der Waals surface area contributed by atoms with Gasteiger partial charge >= 0.3 is 5.69 Å². The Morgan fingerprint density at radius 2 is 1.79 bits per heavy atom. The van der Waals surface area contributed by atoms with Crippen LogP contribution in [0.15, 0.2) is 11.1 Å². The summed E-state index contributed by atoms with van der Waals surface area (Å²) in [5.74, 6) is 0.208. The number of hydrogen-bond acceptors (Lipinski definition) is 7. The van der Waals surface area contributed by atoms with Gasteiger partial charge in [-0.15, -0.1) is 0 Å². The van der Waals surface area contributed by atoms with E-state index in [0.29, 0.717) is 18.7 Å². The van der Waals surface area contributed by atoms with Gasteiger partial charge in [-0.25, -0.2) is 9.78 Å². The second-order valence-electron chi connectivity index (χ2n) is 6.02. The molecule has 0 fully saturated rings. The second-order valence-corrected chi connectivity index (χ2v) is 6.02. The number of aromatic amines is 1. The van der Waals surface area contributed by atoms with Crippen LogP contribution in [-0.4, -0.2) is 51.0 Å². The molecule has 0 amide bonds. The zero-order valence-corrected chi connectivity index (χ0v) is 14.5. The molecule has 0 atom stereocenters. The molecular formula is C15H25N5O4. The summed E-state index contributed by atoms with van der Waals surface area (Å²) in [6, 6.07) is 0. The van der Waals surface area contributed by atoms with Gasteiger partial charge in [0.1, 0.15) is 24.2 Å². The molecule has 24 heavy (non-hydrogen) atoms. The third-order valence-electron chi connectivity index (χ3n) is 3.20. The van der Waals surface area contributed by atoms with Gasteiger partial charge in [0.05, 0.1) is 31.7 Å². The van der Waals surface area contributed by atoms with Crippen LogP contribution in [0.1, 0.15) is 27.7 Å². The molecule has 0 aliphatic rings. The largest absolute Gasteiger partial charge is 0.383 e. The highest BCUT2D eigenvalue weighted by Crippen LogP contribution is 2.14. The maximum Gasteiger partial charge on any atom is 0.348 e. The van der Waals surface area contributed by atoms with Crippen LogP contribution in [0, 0.1) is 0 Å². The fraction of sp³-hybridized carbons (Fsp3) is 0.667. The number of hydrogen-bond donors (Lipinski definition) is 2. The normalized spacial score (nSPS) is 12.1. The summed E-state index contributed by atoms with van der Waals surface area (Å²) < 4.78 is 18.8. The second kappa shape index (κ2) is 8.22. The Kier molecular flexibility index (Phi) is 6.29. The number of nitrogens with zero attached hydrogens (tertiary/aromatic N) is 3. The number of ether oxygens (including phenoxy) is 3. The van der Waals surface area contributed by atoms with Crippen LogP contribution in [0.5, 0.6) is 0 Å². The van der Waals surface area contributed by atoms with Crippen LogP contribution in [0.2, 0.25) is 0 Å². The Morgan fingerprint density at radius 3 is 2.38 bits per heavy atom. The van der Waals surface area contributed by atoms with E-state index >= 15 is 0 Å². The molecule has 0 bridgehead atoms. The summed E-state index contributed by atoms with van der Waals surface area (Å²) >= 11 is 0. The molecule has 0 unspecified atom stereocenters. The third-order valence-corrected chi connectivity index (χ3v) is 3.20. The van der Waals surface area contributed by atoms with E-state index in [2.05, 4.69) is 15.0 Å². The van der Waals surface area contributed by atoms with Crippen molar-refractivity contribution in [1.82, 2.24) is 19.5 Å². The Morgan fingerprint density at radius 1 is 1.17 bits per heavy atom. The average Bonchev–Trinajstić information content (AvgIpc) is 2.89. The number of H-pyrrole nitrogens is 1. The lowest BCUT2D eigenvalue weighted by Gasteiger charge is -2.21. The molecule has 0 saturated heterocycles. The Hall–Kier alpha value is -1.97. The van der Waals surface area contributed by atoms with E-state index in [-0.39, 0.29) is 36.5 Å². The molecule has 0 spiro atoms. The van der Waals surface area contributed by atoms with Crippen LogP contribution >= 0.6 is 0 Å². The van der Waals surface area contributed by atoms with Crippen molar-refractivity contribution in [2.75, 3.05) is 18.9 Å². The van der Waals surface area contributed by atoms with E-state index in [1.807, 2.05) is 27.7 Å². The fourth-order valence-corrected chi connectivity index (χ4v) is 2.05. The lowest BCUT2D eigenvalue weighted by Crippen LogP contribution is -2.29. The van der Waals surface area contributed by atoms with Gasteiger partial charge < -0.3 is 24.5 Å². The maximum atomic E-state index is 11.3. The number of aromatic nitrogens is 4. The quantitative estimate of drug-likeness (QED) is 0.697. The molecule has 0 saturated carbocycles. The molecule has 2 aromatic rings. The van der Waals surface area contributed by atoms with Gasteiger partial charge in [-0.3, -0.25) is 4.98 Å². The van der Waals surface area contributed by atoms with E-state index < -0.39 is 5.69 Å². The van der Waals surface area contributed by atoms with Gasteiger partial charge in [0.15, 0.2) is 5.65 Å². The predicted octanol–water partition coefficient (Wildman–Crippen LogP) is 0.895. The Labute approximate surface area is 140 Å². The molecular weight excluding hydrogens is 314 g/mol. The molecule has 134 valence electrons. The highest BCUT2D eigenvalue weighted by molar-refractivity contribution is 5.81. The molecule has 3 N–H and O–H groups in total. The van der Waals surface area contributed by atoms with Gasteiger partial charge in [0.25, 0.3) is 0 Å². The summed E-state index contributed by atoms with van der Waals surface area (Å²) in [6.07, 6.45) is 1.51. The number of nitrogen functional groups attached to an aromatic ring is 1. The summed E-state index contributed by atoms with van der Waals surface area (Å²) in [7, 11) is 0. The molecule has 2 rings (SSSR count). The van der Waals surface area contributed by atoms with Crippen molar-refractivity contribution in [3.63, 3.8) is 0 Å². The van der Waals surface area contributed by atoms with Crippen molar-refractivity contribution in [1.29, 1.82) is 0 Å². The van der Waals surface area contributed by atoms with Gasteiger partial charge in [-0.05, 0) is 27.7 Å². The first kappa shape index (κ1) is 18.4. The van der Waals surface area contributed by atoms with Crippen LogP contribution in [-0.2, 0) is 20.9 Å². The van der Waals surface area contributed by atoms with Gasteiger partial charge in [-0.2, -0.15) is 4.98 Å². The minimum Gasteiger partial charge on any atom is -0.383 e. The zero-order chi connectivity index (χ0) is 17.7. The van der Waals surface area contributed by atoms with E-state index in [4.69, 9.17) is 19.9 Å². The lowest BCUT2D eigenvalue weighted by atomic mass is 10.3. The number of anilines is 1. The molecule has 9 heteroatoms. The topological polar surface area (TPSA) is 117 Å². The van der Waals surface area contributed by atoms with Crippen LogP contribution < -0.4 is 11.4 Å². The number of imidazole rings is 1. The van der Waals surface area contributed by atoms with Crippen LogP contribution in [0.4, 0.5) is 5.82 Å². The van der Waals surface area contributed by atoms with Crippen molar-refractivity contribution >= 4 is 17.0 Å². The predicted molar refractivity (Wildman–Crippen MR) is 89.6 cm³/mol. The van der Waals surface area contributed by atoms with Gasteiger partial charge in [0, 0.05) is 0 Å². The molecule has 2 heterocycles. The summed E-state index contributed by atoms with van der Waals surface area (Å²) in [5, 5.41) is 0. The number of nitrogens with one attached hydrogen (secondary N) is 1. The Bertz CT molecular complexity index is 697. The summed E-state index contributed by atoms with van der Waals surface area (Å²) in [4.78, 5) is 21.6. The van der Waals surface area contributed by atoms with Gasteiger partial charge in [0.2, 0.25) is 0 Å². The molecule has 9 nitrogen and oxygen atoms in total. The average molecular weight is 339 g/mol. The highest BCUT2D eigenvalue weighted by atomic mass is 16.6. The first-order valence-electron chi connectivity index (χ1n) is 7.92. The maximum absolute atomic E-state index is 11.3. The zero-order valence-electron chi connectivity index (χ0n) is 14.5. The SMILES string of the molecule is CC(C)OCC(COC(C)C)OCn1cnc2nc(=O)[nH]c(N)c21. The van der Waals surface area contributed by atoms with Crippen molar-refractivity contribution in [2.24, 2.45) is 0 Å². The summed E-state index contributed by atoms with van der Waals surface area (Å²) in [6.45, 7) is 8.89. The van der Waals surface area contributed by atoms with E-state index in [0.717, 1.165) is 0 Å². The monoisotopic (exact) mass is 339 g/mol. The Balaban J connectivity index is 2.06. The fourth-order valence-electron chi connectivity index (χ4n) is 2.05. The third kappa shape index (κ3) is 5.02. The first-order chi connectivity index (χ1) is 11.4. The smallest absolute Gasteiger partial charge is 0.348 e. The van der Waals surface area contributed by atoms with Crippen molar-refractivity contribution in [3.8, 4) is 0 Å². The van der Waals surface area contributed by atoms with Crippen LogP contribution in [0.3, 0.4) is 0 Å². The van der Waals surface area contributed by atoms with Crippen molar-refractivity contribution in [3.05, 3.63) is 16.8 Å². The standard InChI is InChI=1S/C15H25N5O4/c1-9(2)22-5-11(6-23-10(3)4)24-8-20-7-17-14-12(20)13(16)18-15(21)19-14/h7,9-11H,5-6,8H2,1-4H3,(H3,16,18,19,21). The molecule has 0 aliphatic carbocycles. The van der Waals surface area contributed by atoms with E-state index in [9.17, 15) is 4.79 Å². The molecule has 0 radical (unpaired) electrons. The highest BCUT2D eigenvalue weighted by Gasteiger charge is 2.15. The molecule has 0 aliphatic heterocycles. The van der Waals surface area contributed by atoms with E-state index in [1.54, 1.807) is 4.57 Å². The molecule has 2 aromatic heterocycles. The van der Waals surface area contributed by atoms with Gasteiger partial charge in [-0.1, -0.05) is 0 Å². The minimum absolute atomic E-state index is 0.106. The number of rotatable bonds is 9. The first-order valence-corrected chi connectivity index (χ1v) is 7.92. The van der Waals surface area contributed by atoms with Crippen molar-refractivity contribution < 1.29 is 14.2 Å².